The van der Waals surface area contributed by atoms with Gasteiger partial charge < -0.3 is 4.57 Å². The number of halogens is 3. The van der Waals surface area contributed by atoms with Crippen LogP contribution in [0, 0.1) is 0 Å². The number of pyridine rings is 1. The second kappa shape index (κ2) is 7.13. The fraction of sp³-hybridized carbons (Fsp3) is 0.235. The Balaban J connectivity index is 1.87. The predicted molar refractivity (Wildman–Crippen MR) is 102 cm³/mol. The van der Waals surface area contributed by atoms with Crippen LogP contribution in [0.25, 0.3) is 33.4 Å². The maximum atomic E-state index is 13.0. The van der Waals surface area contributed by atoms with Crippen LogP contribution in [0.15, 0.2) is 34.9 Å². The topological polar surface area (TPSA) is 69.4 Å². The van der Waals surface area contributed by atoms with E-state index in [2.05, 4.69) is 24.9 Å². The average Bonchev–Trinajstić information content (AvgIpc) is 3.23. The van der Waals surface area contributed by atoms with E-state index >= 15 is 0 Å². The molecule has 0 amide bonds. The molecular formula is C17H13F3N6S2. The van der Waals surface area contributed by atoms with Crippen molar-refractivity contribution in [2.75, 3.05) is 5.75 Å². The molecule has 28 heavy (non-hydrogen) atoms. The normalized spacial score (nSPS) is 12.0. The maximum Gasteiger partial charge on any atom is 0.433 e. The van der Waals surface area contributed by atoms with Crippen molar-refractivity contribution >= 4 is 34.1 Å². The van der Waals surface area contributed by atoms with Gasteiger partial charge in [-0.2, -0.15) is 13.2 Å². The third-order valence-corrected chi connectivity index (χ3v) is 6.09. The Hall–Kier alpha value is -2.53. The van der Waals surface area contributed by atoms with Crippen LogP contribution in [0.4, 0.5) is 13.2 Å². The molecular weight excluding hydrogens is 409 g/mol. The van der Waals surface area contributed by atoms with Crippen LogP contribution in [-0.4, -0.2) is 35.2 Å². The molecule has 0 aliphatic rings. The summed E-state index contributed by atoms with van der Waals surface area (Å²) < 4.78 is 41.5. The van der Waals surface area contributed by atoms with Crippen molar-refractivity contribution in [1.82, 2.24) is 29.5 Å². The number of fused-ring (bicyclic) bond motifs is 1. The molecule has 0 radical (unpaired) electrons. The SMILES string of the molecule is CCSc1sc(-c2ncccn2)nc1-c1nc2cc(C(F)(F)F)ncc2n1C. The van der Waals surface area contributed by atoms with Gasteiger partial charge in [0.2, 0.25) is 0 Å². The van der Waals surface area contributed by atoms with Crippen molar-refractivity contribution in [1.29, 1.82) is 0 Å². The molecule has 6 nitrogen and oxygen atoms in total. The summed E-state index contributed by atoms with van der Waals surface area (Å²) in [7, 11) is 1.73. The minimum Gasteiger partial charge on any atom is -0.324 e. The van der Waals surface area contributed by atoms with Gasteiger partial charge in [-0.3, -0.25) is 0 Å². The van der Waals surface area contributed by atoms with Crippen LogP contribution < -0.4 is 0 Å². The molecule has 0 saturated carbocycles. The number of rotatable bonds is 4. The van der Waals surface area contributed by atoms with Crippen molar-refractivity contribution in [3.63, 3.8) is 0 Å². The zero-order valence-corrected chi connectivity index (χ0v) is 16.4. The average molecular weight is 422 g/mol. The van der Waals surface area contributed by atoms with E-state index in [1.165, 1.54) is 17.5 Å². The van der Waals surface area contributed by atoms with Crippen LogP contribution >= 0.6 is 23.1 Å². The quantitative estimate of drug-likeness (QED) is 0.445. The van der Waals surface area contributed by atoms with Gasteiger partial charge in [-0.1, -0.05) is 6.92 Å². The van der Waals surface area contributed by atoms with Gasteiger partial charge in [0.25, 0.3) is 0 Å². The first kappa shape index (κ1) is 18.8. The van der Waals surface area contributed by atoms with E-state index in [1.54, 1.807) is 41.8 Å². The summed E-state index contributed by atoms with van der Waals surface area (Å²) in [6, 6.07) is 2.68. The van der Waals surface area contributed by atoms with E-state index < -0.39 is 11.9 Å². The fourth-order valence-corrected chi connectivity index (χ4v) is 4.74. The number of nitrogens with zero attached hydrogens (tertiary/aromatic N) is 6. The first-order valence-corrected chi connectivity index (χ1v) is 9.99. The number of aromatic nitrogens is 6. The van der Waals surface area contributed by atoms with Gasteiger partial charge in [0.05, 0.1) is 21.4 Å². The minimum atomic E-state index is -4.52. The summed E-state index contributed by atoms with van der Waals surface area (Å²) >= 11 is 3.03. The summed E-state index contributed by atoms with van der Waals surface area (Å²) in [6.45, 7) is 2.02. The van der Waals surface area contributed by atoms with Crippen molar-refractivity contribution in [2.24, 2.45) is 7.05 Å². The molecule has 0 saturated heterocycles. The number of thiazole rings is 1. The van der Waals surface area contributed by atoms with E-state index in [-0.39, 0.29) is 5.52 Å². The third kappa shape index (κ3) is 3.35. The van der Waals surface area contributed by atoms with Crippen molar-refractivity contribution < 1.29 is 13.2 Å². The zero-order chi connectivity index (χ0) is 19.9. The molecule has 4 heterocycles. The molecule has 11 heteroatoms. The van der Waals surface area contributed by atoms with Crippen LogP contribution in [0.1, 0.15) is 12.6 Å². The van der Waals surface area contributed by atoms with Gasteiger partial charge in [0, 0.05) is 19.4 Å². The van der Waals surface area contributed by atoms with Crippen LogP contribution in [0.5, 0.6) is 0 Å². The number of hydrogen-bond donors (Lipinski definition) is 0. The number of hydrogen-bond acceptors (Lipinski definition) is 7. The Bertz CT molecular complexity index is 1140. The van der Waals surface area contributed by atoms with Gasteiger partial charge in [-0.15, -0.1) is 23.1 Å². The number of alkyl halides is 3. The summed E-state index contributed by atoms with van der Waals surface area (Å²) in [5, 5.41) is 0.632. The van der Waals surface area contributed by atoms with E-state index in [9.17, 15) is 13.2 Å². The molecule has 0 aliphatic heterocycles. The smallest absolute Gasteiger partial charge is 0.324 e. The van der Waals surface area contributed by atoms with Crippen LogP contribution in [0.2, 0.25) is 0 Å². The summed E-state index contributed by atoms with van der Waals surface area (Å²) in [5.41, 5.74) is 0.356. The lowest BCUT2D eigenvalue weighted by Crippen LogP contribution is -2.07. The molecule has 4 aromatic rings. The highest BCUT2D eigenvalue weighted by Gasteiger charge is 2.33. The second-order valence-corrected chi connectivity index (χ2v) is 8.24. The largest absolute Gasteiger partial charge is 0.433 e. The van der Waals surface area contributed by atoms with Gasteiger partial charge in [0.15, 0.2) is 16.7 Å². The molecule has 0 N–H and O–H groups in total. The molecule has 144 valence electrons. The number of thioether (sulfide) groups is 1. The molecule has 0 aliphatic carbocycles. The van der Waals surface area contributed by atoms with Gasteiger partial charge in [-0.25, -0.2) is 24.9 Å². The Morgan fingerprint density at radius 1 is 1.14 bits per heavy atom. The molecule has 0 bridgehead atoms. The predicted octanol–water partition coefficient (Wildman–Crippen LogP) is 4.68. The Kier molecular flexibility index (Phi) is 4.79. The molecule has 0 fully saturated rings. The summed E-state index contributed by atoms with van der Waals surface area (Å²) in [6.07, 6.45) is -0.0622. The van der Waals surface area contributed by atoms with Gasteiger partial charge in [-0.05, 0) is 17.9 Å². The summed E-state index contributed by atoms with van der Waals surface area (Å²) in [5.74, 6) is 1.79. The highest BCUT2D eigenvalue weighted by atomic mass is 32.2. The number of imidazole rings is 1. The molecule has 4 aromatic heterocycles. The highest BCUT2D eigenvalue weighted by Crippen LogP contribution is 2.39. The Morgan fingerprint density at radius 3 is 2.57 bits per heavy atom. The van der Waals surface area contributed by atoms with Crippen molar-refractivity contribution in [2.45, 2.75) is 17.3 Å². The van der Waals surface area contributed by atoms with Gasteiger partial charge in [0.1, 0.15) is 11.4 Å². The Labute approximate surface area is 165 Å². The first-order valence-electron chi connectivity index (χ1n) is 8.19. The van der Waals surface area contributed by atoms with E-state index in [0.29, 0.717) is 27.9 Å². The minimum absolute atomic E-state index is 0.220. The molecule has 0 aromatic carbocycles. The maximum absolute atomic E-state index is 13.0. The lowest BCUT2D eigenvalue weighted by molar-refractivity contribution is -0.141. The van der Waals surface area contributed by atoms with Crippen LogP contribution in [-0.2, 0) is 13.2 Å². The zero-order valence-electron chi connectivity index (χ0n) is 14.7. The Morgan fingerprint density at radius 2 is 1.89 bits per heavy atom. The monoisotopic (exact) mass is 422 g/mol. The van der Waals surface area contributed by atoms with E-state index in [4.69, 9.17) is 0 Å². The third-order valence-electron chi connectivity index (χ3n) is 3.90. The van der Waals surface area contributed by atoms with E-state index in [1.807, 2.05) is 6.92 Å². The lowest BCUT2D eigenvalue weighted by Gasteiger charge is -2.04. The van der Waals surface area contributed by atoms with Crippen molar-refractivity contribution in [3.8, 4) is 22.4 Å². The van der Waals surface area contributed by atoms with Crippen molar-refractivity contribution in [3.05, 3.63) is 36.4 Å². The highest BCUT2D eigenvalue weighted by molar-refractivity contribution is 8.01. The molecule has 4 rings (SSSR count). The second-order valence-electron chi connectivity index (χ2n) is 5.71. The first-order chi connectivity index (χ1) is 13.4. The lowest BCUT2D eigenvalue weighted by atomic mass is 10.3. The van der Waals surface area contributed by atoms with Crippen LogP contribution in [0.3, 0.4) is 0 Å². The molecule has 0 unspecified atom stereocenters. The fourth-order valence-electron chi connectivity index (χ4n) is 2.64. The standard InChI is InChI=1S/C17H13F3N6S2/c1-3-27-16-12(25-15(28-16)13-21-5-4-6-22-13)14-24-9-7-11(17(18,19)20)23-8-10(9)26(14)2/h4-8H,3H2,1-2H3. The summed E-state index contributed by atoms with van der Waals surface area (Å²) in [4.78, 5) is 21.0. The van der Waals surface area contributed by atoms with E-state index in [0.717, 1.165) is 16.0 Å². The van der Waals surface area contributed by atoms with Gasteiger partial charge >= 0.3 is 6.18 Å². The number of aryl methyl sites for hydroxylation is 1. The molecule has 0 atom stereocenters. The molecule has 0 spiro atoms.